The second-order valence-corrected chi connectivity index (χ2v) is 7.96. The first kappa shape index (κ1) is 23.2. The normalized spacial score (nSPS) is 11.3. The van der Waals surface area contributed by atoms with Gasteiger partial charge in [-0.05, 0) is 55.7 Å². The maximum Gasteiger partial charge on any atom is 0.266 e. The van der Waals surface area contributed by atoms with E-state index < -0.39 is 5.91 Å². The van der Waals surface area contributed by atoms with Crippen molar-refractivity contribution in [2.45, 2.75) is 47.6 Å². The van der Waals surface area contributed by atoms with Gasteiger partial charge in [-0.1, -0.05) is 32.4 Å². The number of hydrogen-bond acceptors (Lipinski definition) is 3. The zero-order valence-corrected chi connectivity index (χ0v) is 18.7. The zero-order chi connectivity index (χ0) is 22.4. The van der Waals surface area contributed by atoms with Crippen LogP contribution in [0.4, 0.5) is 11.4 Å². The summed E-state index contributed by atoms with van der Waals surface area (Å²) in [6, 6.07) is 8.73. The van der Waals surface area contributed by atoms with Crippen LogP contribution in [-0.4, -0.2) is 16.4 Å². The standard InChI is InChI=1S/C23H27ClN4O2/c1-6-22(29)26-19-7-8-20(24)21(11-19)27-23(30)18(12-25)10-17-9-15(4)28(16(17)5)13-14(2)3/h7-11,14H,6,13H2,1-5H3,(H,26,29)(H,27,30)/b18-10+. The number of halogens is 1. The van der Waals surface area contributed by atoms with Crippen LogP contribution in [0.25, 0.3) is 6.08 Å². The van der Waals surface area contributed by atoms with Crippen molar-refractivity contribution in [1.29, 1.82) is 5.26 Å². The Kier molecular flexibility index (Phi) is 7.85. The van der Waals surface area contributed by atoms with E-state index in [0.29, 0.717) is 28.7 Å². The predicted molar refractivity (Wildman–Crippen MR) is 121 cm³/mol. The van der Waals surface area contributed by atoms with Crippen LogP contribution in [0.5, 0.6) is 0 Å². The fourth-order valence-electron chi connectivity index (χ4n) is 3.06. The van der Waals surface area contributed by atoms with E-state index in [2.05, 4.69) is 29.0 Å². The van der Waals surface area contributed by atoms with Crippen molar-refractivity contribution >= 4 is 40.9 Å². The number of nitrogens with zero attached hydrogens (tertiary/aromatic N) is 2. The molecule has 0 saturated heterocycles. The molecule has 0 fully saturated rings. The highest BCUT2D eigenvalue weighted by Gasteiger charge is 2.15. The number of benzene rings is 1. The summed E-state index contributed by atoms with van der Waals surface area (Å²) in [7, 11) is 0. The van der Waals surface area contributed by atoms with Gasteiger partial charge in [-0.2, -0.15) is 5.26 Å². The van der Waals surface area contributed by atoms with Gasteiger partial charge in [0.05, 0.1) is 10.7 Å². The van der Waals surface area contributed by atoms with Crippen molar-refractivity contribution < 1.29 is 9.59 Å². The Bertz CT molecular complexity index is 1030. The number of carbonyl (C=O) groups excluding carboxylic acids is 2. The van der Waals surface area contributed by atoms with Crippen molar-refractivity contribution in [3.63, 3.8) is 0 Å². The molecule has 0 atom stereocenters. The SMILES string of the molecule is CCC(=O)Nc1ccc(Cl)c(NC(=O)/C(C#N)=C/c2cc(C)n(CC(C)C)c2C)c1. The number of amides is 2. The van der Waals surface area contributed by atoms with Gasteiger partial charge in [0.25, 0.3) is 5.91 Å². The first-order chi connectivity index (χ1) is 14.2. The Morgan fingerprint density at radius 2 is 1.93 bits per heavy atom. The van der Waals surface area contributed by atoms with Crippen LogP contribution in [0.3, 0.4) is 0 Å². The molecule has 0 radical (unpaired) electrons. The van der Waals surface area contributed by atoms with Crippen molar-refractivity contribution in [3.8, 4) is 6.07 Å². The molecule has 0 saturated carbocycles. The first-order valence-corrected chi connectivity index (χ1v) is 10.2. The molecule has 6 nitrogen and oxygen atoms in total. The summed E-state index contributed by atoms with van der Waals surface area (Å²) in [5, 5.41) is 15.2. The molecule has 0 spiro atoms. The van der Waals surface area contributed by atoms with Crippen molar-refractivity contribution in [2.24, 2.45) is 5.92 Å². The molecule has 7 heteroatoms. The molecule has 2 rings (SSSR count). The summed E-state index contributed by atoms with van der Waals surface area (Å²) in [5.74, 6) is -0.232. The van der Waals surface area contributed by atoms with E-state index in [1.54, 1.807) is 31.2 Å². The van der Waals surface area contributed by atoms with Gasteiger partial charge in [-0.3, -0.25) is 9.59 Å². The Hall–Kier alpha value is -3.04. The summed E-state index contributed by atoms with van der Waals surface area (Å²) in [6.45, 7) is 10.9. The van der Waals surface area contributed by atoms with Gasteiger partial charge < -0.3 is 15.2 Å². The Labute approximate surface area is 182 Å². The number of nitrogens with one attached hydrogen (secondary N) is 2. The van der Waals surface area contributed by atoms with Crippen LogP contribution in [0.2, 0.25) is 5.02 Å². The van der Waals surface area contributed by atoms with Gasteiger partial charge in [0, 0.05) is 30.0 Å². The molecule has 0 aliphatic heterocycles. The largest absolute Gasteiger partial charge is 0.348 e. The predicted octanol–water partition coefficient (Wildman–Crippen LogP) is 5.31. The summed E-state index contributed by atoms with van der Waals surface area (Å²) < 4.78 is 2.18. The molecule has 2 N–H and O–H groups in total. The highest BCUT2D eigenvalue weighted by Crippen LogP contribution is 2.27. The third-order valence-corrected chi connectivity index (χ3v) is 4.97. The molecule has 1 aromatic heterocycles. The van der Waals surface area contributed by atoms with Crippen molar-refractivity contribution in [1.82, 2.24) is 4.57 Å². The highest BCUT2D eigenvalue weighted by molar-refractivity contribution is 6.34. The molecule has 158 valence electrons. The van der Waals surface area contributed by atoms with Crippen LogP contribution in [0.1, 0.15) is 44.1 Å². The topological polar surface area (TPSA) is 86.9 Å². The zero-order valence-electron chi connectivity index (χ0n) is 18.0. The lowest BCUT2D eigenvalue weighted by molar-refractivity contribution is -0.116. The van der Waals surface area contributed by atoms with E-state index >= 15 is 0 Å². The van der Waals surface area contributed by atoms with Crippen LogP contribution >= 0.6 is 11.6 Å². The average molecular weight is 427 g/mol. The highest BCUT2D eigenvalue weighted by atomic mass is 35.5. The van der Waals surface area contributed by atoms with Gasteiger partial charge in [0.15, 0.2) is 0 Å². The second-order valence-electron chi connectivity index (χ2n) is 7.55. The monoisotopic (exact) mass is 426 g/mol. The number of aromatic nitrogens is 1. The Balaban J connectivity index is 2.29. The van der Waals surface area contributed by atoms with Gasteiger partial charge in [-0.25, -0.2) is 0 Å². The lowest BCUT2D eigenvalue weighted by Gasteiger charge is -2.12. The third kappa shape index (κ3) is 5.74. The van der Waals surface area contributed by atoms with E-state index in [1.807, 2.05) is 26.0 Å². The van der Waals surface area contributed by atoms with E-state index in [-0.39, 0.29) is 11.5 Å². The van der Waals surface area contributed by atoms with Crippen LogP contribution in [0.15, 0.2) is 29.8 Å². The van der Waals surface area contributed by atoms with E-state index in [4.69, 9.17) is 11.6 Å². The minimum Gasteiger partial charge on any atom is -0.348 e. The number of hydrogen-bond donors (Lipinski definition) is 2. The molecular weight excluding hydrogens is 400 g/mol. The van der Waals surface area contributed by atoms with Gasteiger partial charge in [-0.15, -0.1) is 0 Å². The van der Waals surface area contributed by atoms with Gasteiger partial charge in [0.2, 0.25) is 5.91 Å². The maximum atomic E-state index is 12.7. The quantitative estimate of drug-likeness (QED) is 0.464. The molecule has 0 aliphatic carbocycles. The number of aryl methyl sites for hydroxylation is 1. The van der Waals surface area contributed by atoms with E-state index in [0.717, 1.165) is 23.5 Å². The summed E-state index contributed by atoms with van der Waals surface area (Å²) in [6.07, 6.45) is 1.92. The van der Waals surface area contributed by atoms with Gasteiger partial charge in [0.1, 0.15) is 11.6 Å². The average Bonchev–Trinajstić information content (AvgIpc) is 2.95. The first-order valence-electron chi connectivity index (χ1n) is 9.85. The molecule has 2 amide bonds. The molecular formula is C23H27ClN4O2. The summed E-state index contributed by atoms with van der Waals surface area (Å²) in [4.78, 5) is 24.3. The number of rotatable bonds is 7. The van der Waals surface area contributed by atoms with Crippen LogP contribution < -0.4 is 10.6 Å². The molecule has 0 unspecified atom stereocenters. The number of anilines is 2. The third-order valence-electron chi connectivity index (χ3n) is 4.64. The molecule has 1 heterocycles. The summed E-state index contributed by atoms with van der Waals surface area (Å²) >= 11 is 6.18. The molecule has 30 heavy (non-hydrogen) atoms. The molecule has 0 bridgehead atoms. The summed E-state index contributed by atoms with van der Waals surface area (Å²) in [5.41, 5.74) is 3.72. The Morgan fingerprint density at radius 1 is 1.23 bits per heavy atom. The molecule has 2 aromatic rings. The Morgan fingerprint density at radius 3 is 2.53 bits per heavy atom. The maximum absolute atomic E-state index is 12.7. The lowest BCUT2D eigenvalue weighted by atomic mass is 10.1. The lowest BCUT2D eigenvalue weighted by Crippen LogP contribution is -2.15. The second kappa shape index (κ2) is 10.1. The minimum atomic E-state index is -0.563. The fourth-order valence-corrected chi connectivity index (χ4v) is 3.23. The van der Waals surface area contributed by atoms with Crippen molar-refractivity contribution in [3.05, 3.63) is 51.8 Å². The molecule has 0 aliphatic rings. The van der Waals surface area contributed by atoms with E-state index in [1.165, 1.54) is 0 Å². The van der Waals surface area contributed by atoms with Crippen molar-refractivity contribution in [2.75, 3.05) is 10.6 Å². The molecule has 1 aromatic carbocycles. The fraction of sp³-hybridized carbons (Fsp3) is 0.348. The number of nitriles is 1. The minimum absolute atomic E-state index is 0.0288. The van der Waals surface area contributed by atoms with Gasteiger partial charge >= 0.3 is 0 Å². The van der Waals surface area contributed by atoms with Crippen LogP contribution in [0, 0.1) is 31.1 Å². The van der Waals surface area contributed by atoms with E-state index in [9.17, 15) is 14.9 Å². The van der Waals surface area contributed by atoms with Crippen LogP contribution in [-0.2, 0) is 16.1 Å². The smallest absolute Gasteiger partial charge is 0.266 e. The number of carbonyl (C=O) groups is 2.